The van der Waals surface area contributed by atoms with E-state index in [9.17, 15) is 18.4 Å². The van der Waals surface area contributed by atoms with E-state index in [4.69, 9.17) is 0 Å². The van der Waals surface area contributed by atoms with E-state index in [1.165, 1.54) is 17.4 Å². The lowest BCUT2D eigenvalue weighted by atomic mass is 9.97. The van der Waals surface area contributed by atoms with Crippen molar-refractivity contribution in [3.63, 3.8) is 0 Å². The molecular formula is C23H22F2N4O3S. The summed E-state index contributed by atoms with van der Waals surface area (Å²) >= 11 is 1.19. The van der Waals surface area contributed by atoms with Gasteiger partial charge in [0, 0.05) is 29.7 Å². The third-order valence-corrected chi connectivity index (χ3v) is 5.98. The van der Waals surface area contributed by atoms with Gasteiger partial charge in [0.1, 0.15) is 5.75 Å². The van der Waals surface area contributed by atoms with Crippen molar-refractivity contribution in [2.24, 2.45) is 5.92 Å². The fraction of sp³-hybridized carbons (Fsp3) is 0.261. The SMILES string of the molecule is O=C(Nc1nc(-c2ccccc2OC(F)F)cs1)C1CCCN(C(=O)Nc2ccccc2)C1. The maximum absolute atomic E-state index is 12.8. The highest BCUT2D eigenvalue weighted by atomic mass is 32.1. The highest BCUT2D eigenvalue weighted by Gasteiger charge is 2.29. The molecule has 2 N–H and O–H groups in total. The molecule has 1 fully saturated rings. The van der Waals surface area contributed by atoms with Crippen LogP contribution < -0.4 is 15.4 Å². The maximum atomic E-state index is 12.8. The Balaban J connectivity index is 1.38. The quantitative estimate of drug-likeness (QED) is 0.510. The van der Waals surface area contributed by atoms with Gasteiger partial charge in [-0.1, -0.05) is 30.3 Å². The predicted molar refractivity (Wildman–Crippen MR) is 123 cm³/mol. The average molecular weight is 473 g/mol. The molecule has 10 heteroatoms. The van der Waals surface area contributed by atoms with Gasteiger partial charge >= 0.3 is 12.6 Å². The molecule has 3 amide bonds. The number of carbonyl (C=O) groups excluding carboxylic acids is 2. The number of nitrogens with one attached hydrogen (secondary N) is 2. The predicted octanol–water partition coefficient (Wildman–Crippen LogP) is 5.29. The summed E-state index contributed by atoms with van der Waals surface area (Å²) in [7, 11) is 0. The van der Waals surface area contributed by atoms with Crippen molar-refractivity contribution >= 4 is 34.1 Å². The largest absolute Gasteiger partial charge is 0.434 e. The lowest BCUT2D eigenvalue weighted by molar-refractivity contribution is -0.121. The van der Waals surface area contributed by atoms with Crippen molar-refractivity contribution in [2.45, 2.75) is 19.5 Å². The van der Waals surface area contributed by atoms with E-state index in [-0.39, 0.29) is 23.6 Å². The number of hydrogen-bond acceptors (Lipinski definition) is 5. The van der Waals surface area contributed by atoms with Gasteiger partial charge in [-0.25, -0.2) is 9.78 Å². The van der Waals surface area contributed by atoms with E-state index in [0.29, 0.717) is 48.0 Å². The zero-order valence-electron chi connectivity index (χ0n) is 17.5. The number of urea groups is 1. The molecule has 1 aromatic heterocycles. The summed E-state index contributed by atoms with van der Waals surface area (Å²) in [5.74, 6) is -0.588. The van der Waals surface area contributed by atoms with Crippen LogP contribution in [0.5, 0.6) is 5.75 Å². The second-order valence-corrected chi connectivity index (χ2v) is 8.34. The van der Waals surface area contributed by atoms with E-state index >= 15 is 0 Å². The second-order valence-electron chi connectivity index (χ2n) is 7.48. The molecular weight excluding hydrogens is 450 g/mol. The molecule has 2 heterocycles. The molecule has 0 spiro atoms. The van der Waals surface area contributed by atoms with E-state index < -0.39 is 6.61 Å². The van der Waals surface area contributed by atoms with Gasteiger partial charge in [0.2, 0.25) is 5.91 Å². The minimum atomic E-state index is -2.95. The summed E-state index contributed by atoms with van der Waals surface area (Å²) in [5.41, 5.74) is 1.54. The number of anilines is 2. The fourth-order valence-corrected chi connectivity index (χ4v) is 4.35. The lowest BCUT2D eigenvalue weighted by Crippen LogP contribution is -2.45. The number of piperidine rings is 1. The Hall–Kier alpha value is -3.53. The lowest BCUT2D eigenvalue weighted by Gasteiger charge is -2.31. The summed E-state index contributed by atoms with van der Waals surface area (Å²) in [5, 5.41) is 7.66. The maximum Gasteiger partial charge on any atom is 0.387 e. The number of aromatic nitrogens is 1. The Labute approximate surface area is 193 Å². The zero-order chi connectivity index (χ0) is 23.2. The van der Waals surface area contributed by atoms with Gasteiger partial charge in [0.05, 0.1) is 11.6 Å². The molecule has 1 saturated heterocycles. The van der Waals surface area contributed by atoms with Crippen LogP contribution in [-0.4, -0.2) is 41.5 Å². The molecule has 4 rings (SSSR count). The van der Waals surface area contributed by atoms with Gasteiger partial charge in [-0.2, -0.15) is 8.78 Å². The number of halogens is 2. The topological polar surface area (TPSA) is 83.6 Å². The first-order valence-electron chi connectivity index (χ1n) is 10.4. The first kappa shape index (κ1) is 22.7. The summed E-state index contributed by atoms with van der Waals surface area (Å²) in [6.07, 6.45) is 1.37. The second kappa shape index (κ2) is 10.4. The molecule has 0 aliphatic carbocycles. The molecule has 7 nitrogen and oxygen atoms in total. The van der Waals surface area contributed by atoms with Crippen LogP contribution in [-0.2, 0) is 4.79 Å². The normalized spacial score (nSPS) is 15.8. The first-order chi connectivity index (χ1) is 16.0. The molecule has 1 atom stereocenters. The highest BCUT2D eigenvalue weighted by Crippen LogP contribution is 2.33. The van der Waals surface area contributed by atoms with Gasteiger partial charge in [-0.15, -0.1) is 11.3 Å². The van der Waals surface area contributed by atoms with Crippen molar-refractivity contribution in [3.05, 3.63) is 60.0 Å². The number of rotatable bonds is 6. The van der Waals surface area contributed by atoms with Crippen molar-refractivity contribution in [1.82, 2.24) is 9.88 Å². The summed E-state index contributed by atoms with van der Waals surface area (Å²) < 4.78 is 29.9. The van der Waals surface area contributed by atoms with Crippen LogP contribution in [0.4, 0.5) is 24.4 Å². The molecule has 0 radical (unpaired) electrons. The molecule has 1 unspecified atom stereocenters. The van der Waals surface area contributed by atoms with E-state index in [0.717, 1.165) is 0 Å². The Morgan fingerprint density at radius 1 is 1.09 bits per heavy atom. The Kier molecular flexibility index (Phi) is 7.13. The number of thiazole rings is 1. The standard InChI is InChI=1S/C23H22F2N4O3S/c24-21(25)32-19-11-5-4-10-17(19)18-14-33-22(27-18)28-20(30)15-7-6-12-29(13-15)23(31)26-16-8-2-1-3-9-16/h1-5,8-11,14-15,21H,6-7,12-13H2,(H,26,31)(H,27,28,30). The Morgan fingerprint density at radius 2 is 1.85 bits per heavy atom. The Morgan fingerprint density at radius 3 is 2.64 bits per heavy atom. The third-order valence-electron chi connectivity index (χ3n) is 5.22. The molecule has 1 aliphatic rings. The number of alkyl halides is 2. The molecule has 2 aromatic carbocycles. The average Bonchev–Trinajstić information content (AvgIpc) is 3.28. The monoisotopic (exact) mass is 472 g/mol. The van der Waals surface area contributed by atoms with Gasteiger partial charge in [0.15, 0.2) is 5.13 Å². The van der Waals surface area contributed by atoms with Gasteiger partial charge in [-0.3, -0.25) is 4.79 Å². The van der Waals surface area contributed by atoms with Gasteiger partial charge < -0.3 is 20.3 Å². The number of para-hydroxylation sites is 2. The molecule has 172 valence electrons. The Bertz CT molecular complexity index is 1110. The van der Waals surface area contributed by atoms with Crippen LogP contribution in [0.15, 0.2) is 60.0 Å². The molecule has 33 heavy (non-hydrogen) atoms. The van der Waals surface area contributed by atoms with Crippen molar-refractivity contribution < 1.29 is 23.1 Å². The number of nitrogens with zero attached hydrogens (tertiary/aromatic N) is 2. The van der Waals surface area contributed by atoms with Crippen molar-refractivity contribution in [3.8, 4) is 17.0 Å². The number of ether oxygens (including phenoxy) is 1. The molecule has 0 saturated carbocycles. The van der Waals surface area contributed by atoms with E-state index in [2.05, 4.69) is 20.4 Å². The van der Waals surface area contributed by atoms with Crippen LogP contribution in [0, 0.1) is 5.92 Å². The summed E-state index contributed by atoms with van der Waals surface area (Å²) in [6.45, 7) is -2.07. The molecule has 0 bridgehead atoms. The number of benzene rings is 2. The van der Waals surface area contributed by atoms with Crippen LogP contribution >= 0.6 is 11.3 Å². The molecule has 3 aromatic rings. The van der Waals surface area contributed by atoms with Crippen LogP contribution in [0.2, 0.25) is 0 Å². The molecule has 1 aliphatic heterocycles. The van der Waals surface area contributed by atoms with Crippen molar-refractivity contribution in [2.75, 3.05) is 23.7 Å². The number of hydrogen-bond donors (Lipinski definition) is 2. The van der Waals surface area contributed by atoms with Crippen molar-refractivity contribution in [1.29, 1.82) is 0 Å². The van der Waals surface area contributed by atoms with E-state index in [1.807, 2.05) is 18.2 Å². The number of likely N-dealkylation sites (tertiary alicyclic amines) is 1. The van der Waals surface area contributed by atoms with Gasteiger partial charge in [0.25, 0.3) is 0 Å². The highest BCUT2D eigenvalue weighted by molar-refractivity contribution is 7.14. The van der Waals surface area contributed by atoms with Crippen LogP contribution in [0.1, 0.15) is 12.8 Å². The smallest absolute Gasteiger partial charge is 0.387 e. The summed E-state index contributed by atoms with van der Waals surface area (Å²) in [4.78, 5) is 31.4. The summed E-state index contributed by atoms with van der Waals surface area (Å²) in [6, 6.07) is 15.3. The van der Waals surface area contributed by atoms with E-state index in [1.54, 1.807) is 40.6 Å². The van der Waals surface area contributed by atoms with Crippen LogP contribution in [0.25, 0.3) is 11.3 Å². The van der Waals surface area contributed by atoms with Crippen LogP contribution in [0.3, 0.4) is 0 Å². The fourth-order valence-electron chi connectivity index (χ4n) is 3.64. The van der Waals surface area contributed by atoms with Gasteiger partial charge in [-0.05, 0) is 37.1 Å². The third kappa shape index (κ3) is 5.83. The number of amides is 3. The minimum absolute atomic E-state index is 0.0167. The minimum Gasteiger partial charge on any atom is -0.434 e. The first-order valence-corrected chi connectivity index (χ1v) is 11.3. The number of carbonyl (C=O) groups is 2. The zero-order valence-corrected chi connectivity index (χ0v) is 18.4.